The van der Waals surface area contributed by atoms with Crippen molar-refractivity contribution >= 4 is 52.0 Å². The highest BCUT2D eigenvalue weighted by Gasteiger charge is 2.31. The molecular weight excluding hydrogens is 451 g/mol. The fourth-order valence-electron chi connectivity index (χ4n) is 2.14. The van der Waals surface area contributed by atoms with E-state index in [1.807, 2.05) is 17.5 Å². The lowest BCUT2D eigenvalue weighted by atomic mass is 10.3. The lowest BCUT2D eigenvalue weighted by molar-refractivity contribution is -0.137. The number of nitrogens with zero attached hydrogens (tertiary/aromatic N) is 2. The van der Waals surface area contributed by atoms with Gasteiger partial charge in [0, 0.05) is 6.20 Å². The number of alkyl halides is 3. The van der Waals surface area contributed by atoms with Crippen molar-refractivity contribution in [1.29, 1.82) is 0 Å². The summed E-state index contributed by atoms with van der Waals surface area (Å²) in [6.07, 6.45) is -4.07. The first-order valence-corrected chi connectivity index (χ1v) is 9.93. The molecule has 0 aliphatic carbocycles. The fourth-order valence-corrected chi connectivity index (χ4v) is 4.11. The van der Waals surface area contributed by atoms with E-state index in [1.54, 1.807) is 6.92 Å². The van der Waals surface area contributed by atoms with Crippen molar-refractivity contribution in [3.8, 4) is 9.88 Å². The molecule has 1 N–H and O–H groups in total. The highest BCUT2D eigenvalue weighted by atomic mass is 35.5. The second-order valence-electron chi connectivity index (χ2n) is 5.59. The van der Waals surface area contributed by atoms with Crippen LogP contribution in [0.25, 0.3) is 9.88 Å². The number of thiazole rings is 1. The van der Waals surface area contributed by atoms with E-state index < -0.39 is 35.2 Å². The zero-order chi connectivity index (χ0) is 21.2. The number of amides is 1. The van der Waals surface area contributed by atoms with Gasteiger partial charge in [0.25, 0.3) is 5.91 Å². The van der Waals surface area contributed by atoms with Gasteiger partial charge in [-0.1, -0.05) is 17.7 Å². The number of carbonyl (C=O) groups excluding carboxylic acids is 2. The molecular formula is C17H11ClF3N3O3S2. The normalized spacial score (nSPS) is 11.3. The summed E-state index contributed by atoms with van der Waals surface area (Å²) >= 11 is 8.34. The molecule has 3 rings (SSSR count). The predicted octanol–water partition coefficient (Wildman–Crippen LogP) is 5.04. The van der Waals surface area contributed by atoms with Crippen LogP contribution in [0, 0.1) is 6.92 Å². The third-order valence-corrected chi connectivity index (χ3v) is 5.94. The van der Waals surface area contributed by atoms with Crippen molar-refractivity contribution in [2.75, 3.05) is 11.9 Å². The Morgan fingerprint density at radius 1 is 1.34 bits per heavy atom. The molecule has 0 aliphatic rings. The maximum atomic E-state index is 12.6. The SMILES string of the molecule is Cc1nc(-c2cccs2)sc1C(=O)OCC(=O)Nc1ncc(C(F)(F)F)cc1Cl. The maximum absolute atomic E-state index is 12.6. The van der Waals surface area contributed by atoms with Gasteiger partial charge in [-0.25, -0.2) is 14.8 Å². The number of rotatable bonds is 5. The molecule has 3 heterocycles. The average molecular weight is 462 g/mol. The predicted molar refractivity (Wildman–Crippen MR) is 103 cm³/mol. The Bertz CT molecular complexity index is 1050. The first-order chi connectivity index (χ1) is 13.6. The van der Waals surface area contributed by atoms with E-state index >= 15 is 0 Å². The van der Waals surface area contributed by atoms with Crippen molar-refractivity contribution in [2.24, 2.45) is 0 Å². The van der Waals surface area contributed by atoms with Crippen LogP contribution in [0.1, 0.15) is 20.9 Å². The van der Waals surface area contributed by atoms with Gasteiger partial charge in [-0.15, -0.1) is 22.7 Å². The van der Waals surface area contributed by atoms with Gasteiger partial charge in [-0.2, -0.15) is 13.2 Å². The second kappa shape index (κ2) is 8.47. The van der Waals surface area contributed by atoms with E-state index in [-0.39, 0.29) is 10.7 Å². The zero-order valence-corrected chi connectivity index (χ0v) is 16.9. The van der Waals surface area contributed by atoms with Gasteiger partial charge in [0.2, 0.25) is 0 Å². The van der Waals surface area contributed by atoms with Gasteiger partial charge < -0.3 is 10.1 Å². The van der Waals surface area contributed by atoms with Crippen LogP contribution in [0.2, 0.25) is 5.02 Å². The van der Waals surface area contributed by atoms with Crippen molar-refractivity contribution < 1.29 is 27.5 Å². The summed E-state index contributed by atoms with van der Waals surface area (Å²) in [5, 5.41) is 4.36. The number of carbonyl (C=O) groups is 2. The minimum atomic E-state index is -4.61. The van der Waals surface area contributed by atoms with Crippen molar-refractivity contribution in [3.63, 3.8) is 0 Å². The number of pyridine rings is 1. The monoisotopic (exact) mass is 461 g/mol. The van der Waals surface area contributed by atoms with E-state index in [2.05, 4.69) is 15.3 Å². The molecule has 0 atom stereocenters. The quantitative estimate of drug-likeness (QED) is 0.538. The lowest BCUT2D eigenvalue weighted by Gasteiger charge is -2.10. The van der Waals surface area contributed by atoms with Crippen molar-refractivity contribution in [1.82, 2.24) is 9.97 Å². The van der Waals surface area contributed by atoms with Crippen molar-refractivity contribution in [2.45, 2.75) is 13.1 Å². The summed E-state index contributed by atoms with van der Waals surface area (Å²) in [6, 6.07) is 4.37. The highest BCUT2D eigenvalue weighted by Crippen LogP contribution is 2.33. The maximum Gasteiger partial charge on any atom is 0.417 e. The van der Waals surface area contributed by atoms with Gasteiger partial charge >= 0.3 is 12.1 Å². The van der Waals surface area contributed by atoms with Crippen molar-refractivity contribution in [3.05, 3.63) is 50.9 Å². The first-order valence-electron chi connectivity index (χ1n) is 7.86. The first kappa shape index (κ1) is 21.2. The number of aryl methyl sites for hydroxylation is 1. The van der Waals surface area contributed by atoms with Gasteiger partial charge in [0.05, 0.1) is 21.2 Å². The number of nitrogens with one attached hydrogen (secondary N) is 1. The molecule has 0 aliphatic heterocycles. The summed E-state index contributed by atoms with van der Waals surface area (Å²) in [5.41, 5.74) is -0.578. The number of hydrogen-bond acceptors (Lipinski definition) is 7. The number of hydrogen-bond donors (Lipinski definition) is 1. The van der Waals surface area contributed by atoms with Crippen LogP contribution in [0.4, 0.5) is 19.0 Å². The molecule has 0 fully saturated rings. The van der Waals surface area contributed by atoms with Gasteiger partial charge in [0.15, 0.2) is 12.4 Å². The molecule has 0 radical (unpaired) electrons. The zero-order valence-electron chi connectivity index (χ0n) is 14.5. The van der Waals surface area contributed by atoms with Gasteiger partial charge in [0.1, 0.15) is 9.88 Å². The Kier molecular flexibility index (Phi) is 6.20. The number of esters is 1. The minimum absolute atomic E-state index is 0.256. The Morgan fingerprint density at radius 2 is 2.10 bits per heavy atom. The highest BCUT2D eigenvalue weighted by molar-refractivity contribution is 7.22. The largest absolute Gasteiger partial charge is 0.451 e. The molecule has 3 aromatic heterocycles. The molecule has 12 heteroatoms. The van der Waals surface area contributed by atoms with Crippen LogP contribution in [0.3, 0.4) is 0 Å². The van der Waals surface area contributed by atoms with Crippen LogP contribution < -0.4 is 5.32 Å². The number of ether oxygens (including phenoxy) is 1. The Hall–Kier alpha value is -2.50. The second-order valence-corrected chi connectivity index (χ2v) is 7.94. The third kappa shape index (κ3) is 5.11. The van der Waals surface area contributed by atoms with Crippen LogP contribution in [-0.2, 0) is 15.7 Å². The van der Waals surface area contributed by atoms with Gasteiger partial charge in [-0.05, 0) is 24.4 Å². The molecule has 3 aromatic rings. The standard InChI is InChI=1S/C17H11ClF3N3O3S2/c1-8-13(29-15(23-8)11-3-2-4-28-11)16(26)27-7-12(25)24-14-10(18)5-9(6-22-14)17(19,20)21/h2-6H,7H2,1H3,(H,22,24,25). The summed E-state index contributed by atoms with van der Waals surface area (Å²) in [5.74, 6) is -1.80. The lowest BCUT2D eigenvalue weighted by Crippen LogP contribution is -2.21. The number of anilines is 1. The Labute approximate surface area is 175 Å². The summed E-state index contributed by atoms with van der Waals surface area (Å²) in [6.45, 7) is 0.986. The molecule has 0 spiro atoms. The van der Waals surface area contributed by atoms with E-state index in [0.29, 0.717) is 23.0 Å². The Morgan fingerprint density at radius 3 is 2.72 bits per heavy atom. The molecule has 152 valence electrons. The average Bonchev–Trinajstić information content (AvgIpc) is 3.30. The molecule has 1 amide bonds. The smallest absolute Gasteiger partial charge is 0.417 e. The van der Waals surface area contributed by atoms with Crippen LogP contribution in [-0.4, -0.2) is 28.5 Å². The fraction of sp³-hybridized carbons (Fsp3) is 0.176. The summed E-state index contributed by atoms with van der Waals surface area (Å²) in [7, 11) is 0. The summed E-state index contributed by atoms with van der Waals surface area (Å²) < 4.78 is 42.8. The van der Waals surface area contributed by atoms with E-state index in [9.17, 15) is 22.8 Å². The number of thiophene rings is 1. The van der Waals surface area contributed by atoms with Crippen LogP contribution >= 0.6 is 34.3 Å². The molecule has 6 nitrogen and oxygen atoms in total. The molecule has 0 saturated carbocycles. The van der Waals surface area contributed by atoms with Gasteiger partial charge in [-0.3, -0.25) is 4.79 Å². The molecule has 0 saturated heterocycles. The van der Waals surface area contributed by atoms with Crippen LogP contribution in [0.15, 0.2) is 29.8 Å². The van der Waals surface area contributed by atoms with E-state index in [0.717, 1.165) is 16.2 Å². The number of halogens is 4. The van der Waals surface area contributed by atoms with E-state index in [4.69, 9.17) is 16.3 Å². The minimum Gasteiger partial charge on any atom is -0.451 e. The summed E-state index contributed by atoms with van der Waals surface area (Å²) in [4.78, 5) is 33.1. The number of aromatic nitrogens is 2. The third-order valence-electron chi connectivity index (χ3n) is 3.47. The molecule has 29 heavy (non-hydrogen) atoms. The molecule has 0 aromatic carbocycles. The molecule has 0 unspecified atom stereocenters. The van der Waals surface area contributed by atoms with Crippen LogP contribution in [0.5, 0.6) is 0 Å². The topological polar surface area (TPSA) is 81.2 Å². The van der Waals surface area contributed by atoms with E-state index in [1.165, 1.54) is 11.3 Å². The Balaban J connectivity index is 1.60. The molecule has 0 bridgehead atoms.